The summed E-state index contributed by atoms with van der Waals surface area (Å²) in [5.74, 6) is 1.79. The maximum atomic E-state index is 4.29. The van der Waals surface area contributed by atoms with Crippen molar-refractivity contribution in [2.24, 2.45) is 5.92 Å². The molecule has 1 saturated carbocycles. The second-order valence-electron chi connectivity index (χ2n) is 5.79. The van der Waals surface area contributed by atoms with Crippen molar-refractivity contribution in [2.75, 3.05) is 24.5 Å². The van der Waals surface area contributed by atoms with Gasteiger partial charge in [-0.3, -0.25) is 4.98 Å². The van der Waals surface area contributed by atoms with E-state index in [9.17, 15) is 0 Å². The van der Waals surface area contributed by atoms with Gasteiger partial charge in [-0.2, -0.15) is 4.52 Å². The molecule has 20 heavy (non-hydrogen) atoms. The molecule has 0 amide bonds. The van der Waals surface area contributed by atoms with Gasteiger partial charge in [0.05, 0.1) is 12.4 Å². The van der Waals surface area contributed by atoms with E-state index in [1.165, 1.54) is 25.7 Å². The smallest absolute Gasteiger partial charge is 0.199 e. The van der Waals surface area contributed by atoms with Crippen LogP contribution in [0.2, 0.25) is 0 Å². The van der Waals surface area contributed by atoms with Gasteiger partial charge in [0.25, 0.3) is 0 Å². The van der Waals surface area contributed by atoms with E-state index in [0.29, 0.717) is 6.04 Å². The Kier molecular flexibility index (Phi) is 2.99. The van der Waals surface area contributed by atoms with Gasteiger partial charge in [0.1, 0.15) is 0 Å². The Bertz CT molecular complexity index is 585. The third-order valence-corrected chi connectivity index (χ3v) is 4.29. The third-order valence-electron chi connectivity index (χ3n) is 4.29. The van der Waals surface area contributed by atoms with Gasteiger partial charge in [-0.15, -0.1) is 5.10 Å². The number of tetrazole rings is 1. The van der Waals surface area contributed by atoms with E-state index in [4.69, 9.17) is 0 Å². The molecule has 2 aromatic rings. The average molecular weight is 273 g/mol. The van der Waals surface area contributed by atoms with E-state index in [2.05, 4.69) is 30.7 Å². The molecule has 2 aliphatic rings. The molecular weight excluding hydrogens is 254 g/mol. The molecular formula is C13H19N7. The molecule has 0 atom stereocenters. The molecule has 1 saturated heterocycles. The van der Waals surface area contributed by atoms with E-state index < -0.39 is 0 Å². The fraction of sp³-hybridized carbons (Fsp3) is 0.692. The first kappa shape index (κ1) is 12.0. The second kappa shape index (κ2) is 4.97. The lowest BCUT2D eigenvalue weighted by molar-refractivity contribution is 0.371. The number of nitrogens with one attached hydrogen (secondary N) is 1. The van der Waals surface area contributed by atoms with Gasteiger partial charge in [0, 0.05) is 12.6 Å². The van der Waals surface area contributed by atoms with E-state index in [1.54, 1.807) is 6.20 Å². The van der Waals surface area contributed by atoms with Gasteiger partial charge in [-0.25, -0.2) is 0 Å². The van der Waals surface area contributed by atoms with Crippen molar-refractivity contribution in [3.63, 3.8) is 0 Å². The second-order valence-corrected chi connectivity index (χ2v) is 5.79. The summed E-state index contributed by atoms with van der Waals surface area (Å²) in [5, 5.41) is 15.3. The van der Waals surface area contributed by atoms with Crippen molar-refractivity contribution < 1.29 is 0 Å². The number of nitrogens with zero attached hydrogens (tertiary/aromatic N) is 6. The Morgan fingerprint density at radius 1 is 1.20 bits per heavy atom. The minimum Gasteiger partial charge on any atom is -0.352 e. The fourth-order valence-corrected chi connectivity index (χ4v) is 3.02. The summed E-state index contributed by atoms with van der Waals surface area (Å²) in [4.78, 5) is 6.76. The molecule has 106 valence electrons. The van der Waals surface area contributed by atoms with Gasteiger partial charge in [-0.05, 0) is 55.1 Å². The largest absolute Gasteiger partial charge is 0.352 e. The van der Waals surface area contributed by atoms with Crippen LogP contribution in [0.5, 0.6) is 0 Å². The van der Waals surface area contributed by atoms with Crippen molar-refractivity contribution in [3.05, 3.63) is 12.4 Å². The zero-order chi connectivity index (χ0) is 13.4. The minimum atomic E-state index is 0.640. The van der Waals surface area contributed by atoms with Gasteiger partial charge < -0.3 is 10.2 Å². The number of aromatic nitrogens is 5. The highest BCUT2D eigenvalue weighted by Crippen LogP contribution is 2.32. The number of hydrogen-bond acceptors (Lipinski definition) is 6. The lowest BCUT2D eigenvalue weighted by Gasteiger charge is -2.31. The third kappa shape index (κ3) is 2.22. The molecule has 1 aliphatic heterocycles. The molecule has 4 rings (SSSR count). The van der Waals surface area contributed by atoms with Crippen LogP contribution in [0.3, 0.4) is 0 Å². The molecule has 1 N–H and O–H groups in total. The van der Waals surface area contributed by atoms with Crippen molar-refractivity contribution in [1.29, 1.82) is 0 Å². The highest BCUT2D eigenvalue weighted by atomic mass is 15.5. The van der Waals surface area contributed by atoms with Crippen LogP contribution >= 0.6 is 0 Å². The van der Waals surface area contributed by atoms with Crippen molar-refractivity contribution >= 4 is 11.5 Å². The summed E-state index contributed by atoms with van der Waals surface area (Å²) in [6, 6.07) is 0.640. The number of hydrogen-bond donors (Lipinski definition) is 1. The molecule has 2 fully saturated rings. The van der Waals surface area contributed by atoms with Crippen LogP contribution in [0.1, 0.15) is 25.7 Å². The quantitative estimate of drug-likeness (QED) is 0.874. The lowest BCUT2D eigenvalue weighted by Crippen LogP contribution is -2.38. The molecule has 0 unspecified atom stereocenters. The Morgan fingerprint density at radius 3 is 2.85 bits per heavy atom. The highest BCUT2D eigenvalue weighted by Gasteiger charge is 2.32. The Labute approximate surface area is 117 Å². The van der Waals surface area contributed by atoms with Gasteiger partial charge in [0.15, 0.2) is 11.5 Å². The molecule has 0 bridgehead atoms. The predicted octanol–water partition coefficient (Wildman–Crippen LogP) is 0.488. The van der Waals surface area contributed by atoms with Gasteiger partial charge >= 0.3 is 0 Å². The van der Waals surface area contributed by atoms with Crippen LogP contribution in [0, 0.1) is 5.92 Å². The van der Waals surface area contributed by atoms with E-state index in [-0.39, 0.29) is 0 Å². The first-order valence-corrected chi connectivity index (χ1v) is 7.41. The van der Waals surface area contributed by atoms with E-state index in [1.807, 2.05) is 10.7 Å². The van der Waals surface area contributed by atoms with E-state index >= 15 is 0 Å². The molecule has 3 heterocycles. The lowest BCUT2D eigenvalue weighted by atomic mass is 9.97. The van der Waals surface area contributed by atoms with Crippen LogP contribution < -0.4 is 10.2 Å². The molecule has 0 radical (unpaired) electrons. The molecule has 2 aromatic heterocycles. The van der Waals surface area contributed by atoms with Crippen LogP contribution in [-0.2, 0) is 0 Å². The van der Waals surface area contributed by atoms with Crippen LogP contribution in [0.15, 0.2) is 12.4 Å². The molecule has 7 nitrogen and oxygen atoms in total. The maximum Gasteiger partial charge on any atom is 0.199 e. The molecule has 0 aromatic carbocycles. The number of fused-ring (bicyclic) bond motifs is 1. The number of anilines is 1. The monoisotopic (exact) mass is 273 g/mol. The summed E-state index contributed by atoms with van der Waals surface area (Å²) in [6.45, 7) is 3.36. The van der Waals surface area contributed by atoms with E-state index in [0.717, 1.165) is 37.0 Å². The van der Waals surface area contributed by atoms with Crippen molar-refractivity contribution in [1.82, 2.24) is 30.3 Å². The average Bonchev–Trinajstić information content (AvgIpc) is 3.22. The Morgan fingerprint density at radius 2 is 2.05 bits per heavy atom. The zero-order valence-corrected chi connectivity index (χ0v) is 11.4. The predicted molar refractivity (Wildman–Crippen MR) is 74.5 cm³/mol. The van der Waals surface area contributed by atoms with Crippen LogP contribution in [0.25, 0.3) is 5.65 Å². The van der Waals surface area contributed by atoms with Crippen molar-refractivity contribution in [3.8, 4) is 0 Å². The van der Waals surface area contributed by atoms with Crippen LogP contribution in [0.4, 0.5) is 5.82 Å². The molecule has 0 spiro atoms. The summed E-state index contributed by atoms with van der Waals surface area (Å²) < 4.78 is 1.81. The highest BCUT2D eigenvalue weighted by molar-refractivity contribution is 5.47. The molecule has 1 aliphatic carbocycles. The Balaban J connectivity index is 1.63. The summed E-state index contributed by atoms with van der Waals surface area (Å²) in [6.07, 6.45) is 8.64. The summed E-state index contributed by atoms with van der Waals surface area (Å²) in [5.41, 5.74) is 0.721. The first-order valence-electron chi connectivity index (χ1n) is 7.41. The zero-order valence-electron chi connectivity index (χ0n) is 11.4. The van der Waals surface area contributed by atoms with Gasteiger partial charge in [0.2, 0.25) is 0 Å². The minimum absolute atomic E-state index is 0.640. The maximum absolute atomic E-state index is 4.29. The summed E-state index contributed by atoms with van der Waals surface area (Å²) >= 11 is 0. The van der Waals surface area contributed by atoms with Crippen molar-refractivity contribution in [2.45, 2.75) is 31.7 Å². The summed E-state index contributed by atoms with van der Waals surface area (Å²) in [7, 11) is 0. The number of piperidine rings is 1. The standard InChI is InChI=1S/C13H19N7/c1-2-11(1)19(9-10-3-5-14-6-4-10)13-8-15-7-12-16-17-18-20(12)13/h7-8,10-11,14H,1-6,9H2. The first-order chi connectivity index (χ1) is 9.92. The fourth-order valence-electron chi connectivity index (χ4n) is 3.02. The van der Waals surface area contributed by atoms with Crippen LogP contribution in [-0.4, -0.2) is 50.7 Å². The Hall–Kier alpha value is -1.76. The SMILES string of the molecule is c1ncc2nnnn2c1N(CC1CCNCC1)C1CC1. The number of rotatable bonds is 4. The topological polar surface area (TPSA) is 71.2 Å². The molecule has 7 heteroatoms. The normalized spacial score (nSPS) is 20.4. The van der Waals surface area contributed by atoms with Gasteiger partial charge in [-0.1, -0.05) is 0 Å².